The van der Waals surface area contributed by atoms with Gasteiger partial charge in [-0.25, -0.2) is 4.79 Å². The van der Waals surface area contributed by atoms with Gasteiger partial charge >= 0.3 is 18.2 Å². The van der Waals surface area contributed by atoms with Crippen LogP contribution in [-0.4, -0.2) is 59.3 Å². The van der Waals surface area contributed by atoms with Crippen LogP contribution < -0.4 is 0 Å². The highest BCUT2D eigenvalue weighted by atomic mass is 19.4. The Morgan fingerprint density at radius 3 is 2.26 bits per heavy atom. The number of carbonyl (C=O) groups is 2. The first-order valence-corrected chi connectivity index (χ1v) is 5.92. The summed E-state index contributed by atoms with van der Waals surface area (Å²) in [6, 6.07) is -1.09. The molecule has 0 aromatic carbocycles. The van der Waals surface area contributed by atoms with Crippen LogP contribution in [0, 0.1) is 5.92 Å². The molecular formula is C11H17F3N2O3. The molecule has 0 aliphatic heterocycles. The molecule has 110 valence electrons. The van der Waals surface area contributed by atoms with Gasteiger partial charge in [-0.1, -0.05) is 0 Å². The lowest BCUT2D eigenvalue weighted by Gasteiger charge is -2.31. The van der Waals surface area contributed by atoms with Crippen LogP contribution in [0.25, 0.3) is 0 Å². The van der Waals surface area contributed by atoms with Gasteiger partial charge in [0.15, 0.2) is 0 Å². The van der Waals surface area contributed by atoms with E-state index in [2.05, 4.69) is 0 Å². The summed E-state index contributed by atoms with van der Waals surface area (Å²) in [5.74, 6) is -1.17. The minimum absolute atomic E-state index is 0.183. The summed E-state index contributed by atoms with van der Waals surface area (Å²) in [4.78, 5) is 24.0. The summed E-state index contributed by atoms with van der Waals surface area (Å²) in [6.07, 6.45) is -2.73. The number of carbonyl (C=O) groups excluding carboxylic acids is 1. The second-order valence-corrected chi connectivity index (χ2v) is 4.84. The van der Waals surface area contributed by atoms with Crippen molar-refractivity contribution in [3.63, 3.8) is 0 Å². The minimum atomic E-state index is -4.62. The molecule has 1 aliphatic rings. The van der Waals surface area contributed by atoms with Crippen molar-refractivity contribution >= 4 is 12.0 Å². The van der Waals surface area contributed by atoms with Gasteiger partial charge in [0.25, 0.3) is 0 Å². The molecule has 0 saturated heterocycles. The highest BCUT2D eigenvalue weighted by Crippen LogP contribution is 2.35. The summed E-state index contributed by atoms with van der Waals surface area (Å²) in [5, 5.41) is 8.59. The summed E-state index contributed by atoms with van der Waals surface area (Å²) < 4.78 is 37.0. The third kappa shape index (κ3) is 4.96. The Bertz CT molecular complexity index is 356. The number of hydrogen-bond donors (Lipinski definition) is 1. The van der Waals surface area contributed by atoms with Crippen LogP contribution in [0.2, 0.25) is 0 Å². The van der Waals surface area contributed by atoms with Gasteiger partial charge in [0.2, 0.25) is 0 Å². The zero-order valence-corrected chi connectivity index (χ0v) is 10.8. The second-order valence-electron chi connectivity index (χ2n) is 4.84. The van der Waals surface area contributed by atoms with Gasteiger partial charge < -0.3 is 14.9 Å². The summed E-state index contributed by atoms with van der Waals surface area (Å²) in [5.41, 5.74) is 0. The summed E-state index contributed by atoms with van der Waals surface area (Å²) in [6.45, 7) is -0.762. The molecule has 0 radical (unpaired) electrons. The Labute approximate surface area is 109 Å². The Balaban J connectivity index is 2.71. The predicted octanol–water partition coefficient (Wildman–Crippen LogP) is 1.79. The van der Waals surface area contributed by atoms with Gasteiger partial charge in [0.05, 0.1) is 0 Å². The van der Waals surface area contributed by atoms with E-state index in [0.717, 1.165) is 12.8 Å². The molecule has 1 N–H and O–H groups in total. The number of carboxylic acids is 1. The van der Waals surface area contributed by atoms with E-state index in [4.69, 9.17) is 5.11 Å². The lowest BCUT2D eigenvalue weighted by atomic mass is 10.2. The molecule has 2 amide bonds. The van der Waals surface area contributed by atoms with Crippen molar-refractivity contribution in [2.24, 2.45) is 5.92 Å². The number of nitrogens with zero attached hydrogens (tertiary/aromatic N) is 2. The molecule has 1 atom stereocenters. The first-order chi connectivity index (χ1) is 8.61. The molecule has 19 heavy (non-hydrogen) atoms. The van der Waals surface area contributed by atoms with E-state index in [9.17, 15) is 22.8 Å². The van der Waals surface area contributed by atoms with Crippen LogP contribution in [-0.2, 0) is 4.79 Å². The average molecular weight is 282 g/mol. The number of halogens is 3. The third-order valence-electron chi connectivity index (χ3n) is 3.18. The molecule has 0 aromatic heterocycles. The standard InChI is InChI=1S/C11H17F3N2O3/c1-7(8-3-4-8)15(2)10(19)16(5-9(17)18)6-11(12,13)14/h7-8H,3-6H2,1-2H3,(H,17,18). The number of rotatable bonds is 5. The van der Waals surface area contributed by atoms with Gasteiger partial charge in [-0.3, -0.25) is 4.79 Å². The summed E-state index contributed by atoms with van der Waals surface area (Å²) in [7, 11) is 1.40. The van der Waals surface area contributed by atoms with E-state index in [1.54, 1.807) is 6.92 Å². The average Bonchev–Trinajstić information content (AvgIpc) is 3.06. The number of hydrogen-bond acceptors (Lipinski definition) is 2. The zero-order chi connectivity index (χ0) is 14.8. The molecule has 8 heteroatoms. The Kier molecular flexibility index (Phi) is 4.65. The SMILES string of the molecule is CC(C1CC1)N(C)C(=O)N(CC(=O)O)CC(F)(F)F. The Hall–Kier alpha value is -1.47. The van der Waals surface area contributed by atoms with E-state index in [0.29, 0.717) is 10.8 Å². The molecule has 1 fully saturated rings. The topological polar surface area (TPSA) is 60.9 Å². The highest BCUT2D eigenvalue weighted by molar-refractivity contribution is 5.80. The van der Waals surface area contributed by atoms with Crippen molar-refractivity contribution in [3.8, 4) is 0 Å². The second kappa shape index (κ2) is 5.66. The van der Waals surface area contributed by atoms with Crippen LogP contribution in [0.4, 0.5) is 18.0 Å². The molecule has 1 rings (SSSR count). The summed E-state index contributed by atoms with van der Waals surface area (Å²) >= 11 is 0. The van der Waals surface area contributed by atoms with Gasteiger partial charge in [0.1, 0.15) is 13.1 Å². The quantitative estimate of drug-likeness (QED) is 0.836. The Morgan fingerprint density at radius 1 is 1.37 bits per heavy atom. The lowest BCUT2D eigenvalue weighted by molar-refractivity contribution is -0.149. The fraction of sp³-hybridized carbons (Fsp3) is 0.818. The number of aliphatic carboxylic acids is 1. The molecule has 0 aromatic rings. The third-order valence-corrected chi connectivity index (χ3v) is 3.18. The lowest BCUT2D eigenvalue weighted by Crippen LogP contribution is -2.50. The minimum Gasteiger partial charge on any atom is -0.480 e. The van der Waals surface area contributed by atoms with Gasteiger partial charge in [-0.15, -0.1) is 0 Å². The van der Waals surface area contributed by atoms with Gasteiger partial charge in [-0.2, -0.15) is 13.2 Å². The smallest absolute Gasteiger partial charge is 0.406 e. The van der Waals surface area contributed by atoms with Crippen molar-refractivity contribution in [1.29, 1.82) is 0 Å². The zero-order valence-electron chi connectivity index (χ0n) is 10.8. The highest BCUT2D eigenvalue weighted by Gasteiger charge is 2.38. The molecule has 5 nitrogen and oxygen atoms in total. The monoisotopic (exact) mass is 282 g/mol. The maximum absolute atomic E-state index is 12.3. The number of carboxylic acid groups (broad SMARTS) is 1. The van der Waals surface area contributed by atoms with Crippen molar-refractivity contribution in [3.05, 3.63) is 0 Å². The predicted molar refractivity (Wildman–Crippen MR) is 60.6 cm³/mol. The van der Waals surface area contributed by atoms with E-state index in [1.165, 1.54) is 11.9 Å². The van der Waals surface area contributed by atoms with Crippen LogP contribution in [0.15, 0.2) is 0 Å². The molecule has 1 unspecified atom stereocenters. The van der Waals surface area contributed by atoms with Crippen molar-refractivity contribution < 1.29 is 27.9 Å². The van der Waals surface area contributed by atoms with Crippen LogP contribution in [0.3, 0.4) is 0 Å². The van der Waals surface area contributed by atoms with E-state index in [-0.39, 0.29) is 6.04 Å². The van der Waals surface area contributed by atoms with Crippen molar-refractivity contribution in [2.45, 2.75) is 32.0 Å². The van der Waals surface area contributed by atoms with E-state index in [1.807, 2.05) is 0 Å². The fourth-order valence-electron chi connectivity index (χ4n) is 1.86. The molecule has 1 saturated carbocycles. The Morgan fingerprint density at radius 2 is 1.89 bits per heavy atom. The molecule has 0 spiro atoms. The van der Waals surface area contributed by atoms with Gasteiger partial charge in [0, 0.05) is 13.1 Å². The van der Waals surface area contributed by atoms with E-state index < -0.39 is 31.3 Å². The van der Waals surface area contributed by atoms with Crippen LogP contribution in [0.5, 0.6) is 0 Å². The van der Waals surface area contributed by atoms with E-state index >= 15 is 0 Å². The number of urea groups is 1. The number of alkyl halides is 3. The van der Waals surface area contributed by atoms with Crippen LogP contribution >= 0.6 is 0 Å². The van der Waals surface area contributed by atoms with Crippen LogP contribution in [0.1, 0.15) is 19.8 Å². The maximum Gasteiger partial charge on any atom is 0.406 e. The molecular weight excluding hydrogens is 265 g/mol. The molecule has 1 aliphatic carbocycles. The first kappa shape index (κ1) is 15.6. The molecule has 0 heterocycles. The largest absolute Gasteiger partial charge is 0.480 e. The van der Waals surface area contributed by atoms with Gasteiger partial charge in [-0.05, 0) is 25.7 Å². The number of amides is 2. The first-order valence-electron chi connectivity index (χ1n) is 5.92. The van der Waals surface area contributed by atoms with Crippen molar-refractivity contribution in [2.75, 3.05) is 20.1 Å². The fourth-order valence-corrected chi connectivity index (χ4v) is 1.86. The molecule has 0 bridgehead atoms. The maximum atomic E-state index is 12.3. The van der Waals surface area contributed by atoms with Crippen molar-refractivity contribution in [1.82, 2.24) is 9.80 Å². The normalized spacial score (nSPS) is 16.9.